The second-order valence-corrected chi connectivity index (χ2v) is 6.67. The van der Waals surface area contributed by atoms with E-state index in [9.17, 15) is 8.42 Å². The molecule has 114 valence electrons. The van der Waals surface area contributed by atoms with Crippen LogP contribution in [0.2, 0.25) is 0 Å². The van der Waals surface area contributed by atoms with Gasteiger partial charge in [-0.1, -0.05) is 6.92 Å². The zero-order chi connectivity index (χ0) is 14.8. The molecular formula is C12H22N4O3S. The molecule has 0 saturated heterocycles. The van der Waals surface area contributed by atoms with Crippen LogP contribution >= 0.6 is 0 Å². The molecule has 0 aliphatic heterocycles. The highest BCUT2D eigenvalue weighted by molar-refractivity contribution is 7.89. The number of primary sulfonamides is 1. The summed E-state index contributed by atoms with van der Waals surface area (Å²) in [6, 6.07) is 0. The van der Waals surface area contributed by atoms with Crippen LogP contribution in [0.4, 0.5) is 0 Å². The molecule has 2 N–H and O–H groups in total. The normalized spacial score (nSPS) is 22.8. The number of nitrogens with two attached hydrogens (primary N) is 1. The molecule has 1 heterocycles. The van der Waals surface area contributed by atoms with E-state index < -0.39 is 10.0 Å². The predicted molar refractivity (Wildman–Crippen MR) is 73.5 cm³/mol. The zero-order valence-corrected chi connectivity index (χ0v) is 12.8. The maximum atomic E-state index is 11.5. The highest BCUT2D eigenvalue weighted by Gasteiger charge is 2.32. The summed E-state index contributed by atoms with van der Waals surface area (Å²) in [4.78, 5) is 0. The minimum absolute atomic E-state index is 0.130. The molecule has 20 heavy (non-hydrogen) atoms. The molecule has 1 aromatic rings. The fourth-order valence-electron chi connectivity index (χ4n) is 2.60. The smallest absolute Gasteiger partial charge is 0.273 e. The van der Waals surface area contributed by atoms with Gasteiger partial charge in [-0.05, 0) is 32.1 Å². The lowest BCUT2D eigenvalue weighted by Gasteiger charge is -2.34. The molecule has 0 radical (unpaired) electrons. The van der Waals surface area contributed by atoms with Crippen molar-refractivity contribution in [3.63, 3.8) is 0 Å². The zero-order valence-electron chi connectivity index (χ0n) is 11.9. The van der Waals surface area contributed by atoms with Crippen molar-refractivity contribution in [2.24, 2.45) is 11.1 Å². The number of nitrogens with zero attached hydrogens (tertiary/aromatic N) is 3. The quantitative estimate of drug-likeness (QED) is 0.799. The Morgan fingerprint density at radius 1 is 1.35 bits per heavy atom. The molecule has 1 fully saturated rings. The van der Waals surface area contributed by atoms with Crippen molar-refractivity contribution in [1.82, 2.24) is 14.8 Å². The molecule has 0 unspecified atom stereocenters. The largest absolute Gasteiger partial charge is 0.378 e. The Labute approximate surface area is 119 Å². The number of ether oxygens (including phenoxy) is 1. The maximum absolute atomic E-state index is 11.5. The average molecular weight is 302 g/mol. The molecule has 1 saturated carbocycles. The van der Waals surface area contributed by atoms with Crippen LogP contribution in [-0.4, -0.2) is 35.9 Å². The van der Waals surface area contributed by atoms with Crippen LogP contribution in [0.25, 0.3) is 0 Å². The SMILES string of the molecule is CCCn1c(CC2CC(OCC)C2)nnc1S(N)(=O)=O. The van der Waals surface area contributed by atoms with Crippen LogP contribution in [0.15, 0.2) is 5.16 Å². The van der Waals surface area contributed by atoms with Crippen molar-refractivity contribution in [3.8, 4) is 0 Å². The van der Waals surface area contributed by atoms with Crippen molar-refractivity contribution in [2.75, 3.05) is 6.61 Å². The summed E-state index contributed by atoms with van der Waals surface area (Å²) in [5.74, 6) is 1.19. The summed E-state index contributed by atoms with van der Waals surface area (Å²) >= 11 is 0. The second-order valence-electron chi connectivity index (χ2n) is 5.21. The Bertz CT molecular complexity index is 549. The molecule has 1 aliphatic rings. The molecule has 1 aliphatic carbocycles. The summed E-state index contributed by atoms with van der Waals surface area (Å²) in [5.41, 5.74) is 0. The van der Waals surface area contributed by atoms with E-state index in [0.717, 1.165) is 32.3 Å². The van der Waals surface area contributed by atoms with Gasteiger partial charge in [0, 0.05) is 19.6 Å². The Kier molecular flexibility index (Phi) is 4.77. The van der Waals surface area contributed by atoms with Gasteiger partial charge >= 0.3 is 0 Å². The number of sulfonamides is 1. The minimum Gasteiger partial charge on any atom is -0.378 e. The molecule has 0 aromatic carbocycles. The summed E-state index contributed by atoms with van der Waals surface area (Å²) in [6.07, 6.45) is 3.87. The molecule has 0 amide bonds. The van der Waals surface area contributed by atoms with Gasteiger partial charge in [0.2, 0.25) is 0 Å². The Balaban J connectivity index is 2.07. The standard InChI is InChI=1S/C12H22N4O3S/c1-3-5-16-11(14-15-12(16)20(13,17)18)8-9-6-10(7-9)19-4-2/h9-10H,3-8H2,1-2H3,(H2,13,17,18). The van der Waals surface area contributed by atoms with Gasteiger partial charge < -0.3 is 9.30 Å². The third kappa shape index (κ3) is 3.36. The third-order valence-corrected chi connectivity index (χ3v) is 4.37. The minimum atomic E-state index is -3.81. The highest BCUT2D eigenvalue weighted by Crippen LogP contribution is 2.32. The first kappa shape index (κ1) is 15.4. The van der Waals surface area contributed by atoms with Crippen LogP contribution in [0.3, 0.4) is 0 Å². The molecular weight excluding hydrogens is 280 g/mol. The van der Waals surface area contributed by atoms with Gasteiger partial charge in [0.15, 0.2) is 0 Å². The number of rotatable bonds is 7. The molecule has 1 aromatic heterocycles. The van der Waals surface area contributed by atoms with E-state index in [2.05, 4.69) is 10.2 Å². The lowest BCUT2D eigenvalue weighted by atomic mass is 9.80. The lowest BCUT2D eigenvalue weighted by molar-refractivity contribution is -0.0247. The first-order chi connectivity index (χ1) is 9.45. The van der Waals surface area contributed by atoms with E-state index in [0.29, 0.717) is 24.4 Å². The van der Waals surface area contributed by atoms with E-state index in [1.807, 2.05) is 13.8 Å². The van der Waals surface area contributed by atoms with Crippen molar-refractivity contribution in [3.05, 3.63) is 5.82 Å². The molecule has 7 nitrogen and oxygen atoms in total. The van der Waals surface area contributed by atoms with Gasteiger partial charge in [0.25, 0.3) is 15.2 Å². The van der Waals surface area contributed by atoms with Crippen LogP contribution in [0.1, 0.15) is 38.9 Å². The van der Waals surface area contributed by atoms with Gasteiger partial charge in [-0.3, -0.25) is 0 Å². The Morgan fingerprint density at radius 3 is 2.60 bits per heavy atom. The van der Waals surface area contributed by atoms with Crippen molar-refractivity contribution in [1.29, 1.82) is 0 Å². The van der Waals surface area contributed by atoms with Gasteiger partial charge in [0.1, 0.15) is 5.82 Å². The Hall–Kier alpha value is -0.990. The van der Waals surface area contributed by atoms with Gasteiger partial charge in [-0.25, -0.2) is 13.6 Å². The van der Waals surface area contributed by atoms with E-state index in [-0.39, 0.29) is 5.16 Å². The van der Waals surface area contributed by atoms with Crippen LogP contribution in [0, 0.1) is 5.92 Å². The van der Waals surface area contributed by atoms with E-state index >= 15 is 0 Å². The maximum Gasteiger partial charge on any atom is 0.273 e. The highest BCUT2D eigenvalue weighted by atomic mass is 32.2. The van der Waals surface area contributed by atoms with Crippen LogP contribution in [-0.2, 0) is 27.7 Å². The van der Waals surface area contributed by atoms with E-state index in [1.165, 1.54) is 0 Å². The second kappa shape index (κ2) is 6.19. The fourth-order valence-corrected chi connectivity index (χ4v) is 3.26. The van der Waals surface area contributed by atoms with Gasteiger partial charge in [0.05, 0.1) is 6.10 Å². The van der Waals surface area contributed by atoms with E-state index in [4.69, 9.17) is 9.88 Å². The van der Waals surface area contributed by atoms with Gasteiger partial charge in [-0.2, -0.15) is 0 Å². The number of hydrogen-bond donors (Lipinski definition) is 1. The molecule has 0 spiro atoms. The molecule has 2 rings (SSSR count). The average Bonchev–Trinajstić information content (AvgIpc) is 2.70. The van der Waals surface area contributed by atoms with Crippen molar-refractivity contribution < 1.29 is 13.2 Å². The van der Waals surface area contributed by atoms with Crippen molar-refractivity contribution >= 4 is 10.0 Å². The first-order valence-electron chi connectivity index (χ1n) is 7.02. The molecule has 0 bridgehead atoms. The van der Waals surface area contributed by atoms with Crippen molar-refractivity contribution in [2.45, 2.75) is 57.3 Å². The summed E-state index contributed by atoms with van der Waals surface area (Å²) < 4.78 is 30.1. The van der Waals surface area contributed by atoms with E-state index in [1.54, 1.807) is 4.57 Å². The first-order valence-corrected chi connectivity index (χ1v) is 8.56. The fraction of sp³-hybridized carbons (Fsp3) is 0.833. The lowest BCUT2D eigenvalue weighted by Crippen LogP contribution is -2.33. The molecule has 0 atom stereocenters. The van der Waals surface area contributed by atoms with Gasteiger partial charge in [-0.15, -0.1) is 10.2 Å². The summed E-state index contributed by atoms with van der Waals surface area (Å²) in [7, 11) is -3.81. The predicted octanol–water partition coefficient (Wildman–Crippen LogP) is 0.693. The Morgan fingerprint density at radius 2 is 2.05 bits per heavy atom. The summed E-state index contributed by atoms with van der Waals surface area (Å²) in [5, 5.41) is 12.8. The number of hydrogen-bond acceptors (Lipinski definition) is 5. The van der Waals surface area contributed by atoms with Crippen LogP contribution in [0.5, 0.6) is 0 Å². The topological polar surface area (TPSA) is 100 Å². The summed E-state index contributed by atoms with van der Waals surface area (Å²) in [6.45, 7) is 5.27. The third-order valence-electron chi connectivity index (χ3n) is 3.56. The van der Waals surface area contributed by atoms with Crippen LogP contribution < -0.4 is 5.14 Å². The number of aromatic nitrogens is 3. The molecule has 8 heteroatoms. The monoisotopic (exact) mass is 302 g/mol.